The van der Waals surface area contributed by atoms with Crippen LogP contribution in [0.5, 0.6) is 0 Å². The van der Waals surface area contributed by atoms with Crippen LogP contribution in [0.2, 0.25) is 0 Å². The third-order valence-corrected chi connectivity index (χ3v) is 3.74. The number of aromatic nitrogens is 5. The third-order valence-electron chi connectivity index (χ3n) is 3.74. The van der Waals surface area contributed by atoms with Gasteiger partial charge in [-0.15, -0.1) is 0 Å². The maximum Gasteiger partial charge on any atom is 0.295 e. The van der Waals surface area contributed by atoms with E-state index in [4.69, 9.17) is 0 Å². The first kappa shape index (κ1) is 12.7. The molecule has 0 spiro atoms. The van der Waals surface area contributed by atoms with Gasteiger partial charge in [-0.25, -0.2) is 4.98 Å². The number of rotatable bonds is 1. The lowest BCUT2D eigenvalue weighted by Gasteiger charge is -2.04. The molecule has 0 bridgehead atoms. The lowest BCUT2D eigenvalue weighted by Crippen LogP contribution is -2.22. The first-order valence-electron chi connectivity index (χ1n) is 6.93. The van der Waals surface area contributed by atoms with Crippen LogP contribution in [0, 0.1) is 13.8 Å². The molecule has 0 saturated heterocycles. The average Bonchev–Trinajstić information content (AvgIpc) is 2.89. The van der Waals surface area contributed by atoms with Crippen molar-refractivity contribution >= 4 is 16.6 Å². The highest BCUT2D eigenvalue weighted by molar-refractivity contribution is 5.86. The van der Waals surface area contributed by atoms with Crippen molar-refractivity contribution in [1.29, 1.82) is 0 Å². The van der Waals surface area contributed by atoms with E-state index in [0.29, 0.717) is 11.2 Å². The van der Waals surface area contributed by atoms with Gasteiger partial charge in [-0.3, -0.25) is 14.2 Å². The summed E-state index contributed by atoms with van der Waals surface area (Å²) in [4.78, 5) is 21.2. The average molecular weight is 291 g/mol. The molecule has 4 rings (SSSR count). The van der Waals surface area contributed by atoms with E-state index >= 15 is 0 Å². The standard InChI is InChI=1S/C16H13N5O/c1-10-7-11(2)19-15-13(10)8-14-16(22)21(18-9-20(14)15)12-3-5-17-6-4-12/h3-9H,1-2H3. The highest BCUT2D eigenvalue weighted by Crippen LogP contribution is 2.20. The molecular formula is C16H13N5O. The molecule has 4 aromatic rings. The number of hydrogen-bond donors (Lipinski definition) is 0. The first-order chi connectivity index (χ1) is 10.6. The molecule has 0 saturated carbocycles. The van der Waals surface area contributed by atoms with Gasteiger partial charge < -0.3 is 0 Å². The van der Waals surface area contributed by atoms with Crippen LogP contribution in [-0.2, 0) is 0 Å². The van der Waals surface area contributed by atoms with Gasteiger partial charge in [0.15, 0.2) is 0 Å². The quantitative estimate of drug-likeness (QED) is 0.538. The molecule has 0 aliphatic rings. The van der Waals surface area contributed by atoms with Crippen molar-refractivity contribution in [3.05, 3.63) is 64.6 Å². The molecule has 4 heterocycles. The molecule has 0 aromatic carbocycles. The van der Waals surface area contributed by atoms with Crippen LogP contribution in [0.4, 0.5) is 0 Å². The monoisotopic (exact) mass is 291 g/mol. The fourth-order valence-corrected chi connectivity index (χ4v) is 2.72. The molecule has 0 N–H and O–H groups in total. The zero-order chi connectivity index (χ0) is 15.3. The molecule has 0 unspecified atom stereocenters. The lowest BCUT2D eigenvalue weighted by atomic mass is 10.2. The van der Waals surface area contributed by atoms with Crippen LogP contribution in [-0.4, -0.2) is 24.1 Å². The summed E-state index contributed by atoms with van der Waals surface area (Å²) in [6, 6.07) is 7.39. The predicted molar refractivity (Wildman–Crippen MR) is 83.4 cm³/mol. The summed E-state index contributed by atoms with van der Waals surface area (Å²) < 4.78 is 3.12. The van der Waals surface area contributed by atoms with Crippen molar-refractivity contribution in [2.75, 3.05) is 0 Å². The Balaban J connectivity index is 2.11. The van der Waals surface area contributed by atoms with Gasteiger partial charge in [0.25, 0.3) is 5.56 Å². The Bertz CT molecular complexity index is 1060. The Labute approximate surface area is 125 Å². The van der Waals surface area contributed by atoms with Crippen molar-refractivity contribution in [3.63, 3.8) is 0 Å². The van der Waals surface area contributed by atoms with Gasteiger partial charge in [-0.2, -0.15) is 9.78 Å². The van der Waals surface area contributed by atoms with Crippen molar-refractivity contribution in [2.24, 2.45) is 0 Å². The Morgan fingerprint density at radius 1 is 1.09 bits per heavy atom. The Hall–Kier alpha value is -3.02. The van der Waals surface area contributed by atoms with Crippen LogP contribution < -0.4 is 5.56 Å². The van der Waals surface area contributed by atoms with E-state index < -0.39 is 0 Å². The molecule has 6 heteroatoms. The van der Waals surface area contributed by atoms with Crippen LogP contribution in [0.25, 0.3) is 22.2 Å². The minimum atomic E-state index is -0.177. The Kier molecular flexibility index (Phi) is 2.59. The minimum Gasteiger partial charge on any atom is -0.278 e. The normalized spacial score (nSPS) is 11.4. The summed E-state index contributed by atoms with van der Waals surface area (Å²) in [6.45, 7) is 3.96. The smallest absolute Gasteiger partial charge is 0.278 e. The molecule has 0 radical (unpaired) electrons. The van der Waals surface area contributed by atoms with Gasteiger partial charge in [0, 0.05) is 23.5 Å². The SMILES string of the molecule is Cc1cc(C)c2cc3c(=O)n(-c4ccncc4)ncn3c2n1. The fourth-order valence-electron chi connectivity index (χ4n) is 2.72. The zero-order valence-electron chi connectivity index (χ0n) is 12.2. The summed E-state index contributed by atoms with van der Waals surface area (Å²) in [5.74, 6) is 0. The molecule has 108 valence electrons. The van der Waals surface area contributed by atoms with E-state index in [9.17, 15) is 4.79 Å². The van der Waals surface area contributed by atoms with Crippen LogP contribution in [0.15, 0.2) is 47.8 Å². The summed E-state index contributed by atoms with van der Waals surface area (Å²) in [5.41, 5.74) is 3.85. The topological polar surface area (TPSA) is 65.1 Å². The van der Waals surface area contributed by atoms with Gasteiger partial charge in [0.05, 0.1) is 5.69 Å². The largest absolute Gasteiger partial charge is 0.295 e. The highest BCUT2D eigenvalue weighted by Gasteiger charge is 2.12. The fraction of sp³-hybridized carbons (Fsp3) is 0.125. The summed E-state index contributed by atoms with van der Waals surface area (Å²) in [6.07, 6.45) is 4.90. The van der Waals surface area contributed by atoms with Crippen LogP contribution >= 0.6 is 0 Å². The van der Waals surface area contributed by atoms with Gasteiger partial charge in [0.1, 0.15) is 17.5 Å². The molecule has 0 atom stereocenters. The Morgan fingerprint density at radius 2 is 1.86 bits per heavy atom. The summed E-state index contributed by atoms with van der Waals surface area (Å²) in [5, 5.41) is 5.23. The number of hydrogen-bond acceptors (Lipinski definition) is 4. The second-order valence-corrected chi connectivity index (χ2v) is 5.27. The first-order valence-corrected chi connectivity index (χ1v) is 6.93. The highest BCUT2D eigenvalue weighted by atomic mass is 16.1. The predicted octanol–water partition coefficient (Wildman–Crippen LogP) is 2.05. The van der Waals surface area contributed by atoms with E-state index in [1.165, 1.54) is 4.68 Å². The molecule has 4 aromatic heterocycles. The summed E-state index contributed by atoms with van der Waals surface area (Å²) in [7, 11) is 0. The molecule has 22 heavy (non-hydrogen) atoms. The van der Waals surface area contributed by atoms with E-state index in [2.05, 4.69) is 15.1 Å². The van der Waals surface area contributed by atoms with Gasteiger partial charge in [-0.1, -0.05) is 0 Å². The van der Waals surface area contributed by atoms with Crippen molar-refractivity contribution in [2.45, 2.75) is 13.8 Å². The number of pyridine rings is 2. The maximum atomic E-state index is 12.7. The van der Waals surface area contributed by atoms with E-state index in [1.54, 1.807) is 35.3 Å². The van der Waals surface area contributed by atoms with Crippen molar-refractivity contribution in [3.8, 4) is 5.69 Å². The molecule has 0 aliphatic heterocycles. The maximum absolute atomic E-state index is 12.7. The molecule has 0 aliphatic carbocycles. The second kappa shape index (κ2) is 4.49. The van der Waals surface area contributed by atoms with E-state index in [-0.39, 0.29) is 5.56 Å². The third kappa shape index (κ3) is 1.74. The molecule has 0 fully saturated rings. The molecule has 0 amide bonds. The minimum absolute atomic E-state index is 0.177. The van der Waals surface area contributed by atoms with Gasteiger partial charge in [0.2, 0.25) is 0 Å². The van der Waals surface area contributed by atoms with Gasteiger partial charge >= 0.3 is 0 Å². The zero-order valence-corrected chi connectivity index (χ0v) is 12.2. The van der Waals surface area contributed by atoms with Crippen LogP contribution in [0.1, 0.15) is 11.3 Å². The van der Waals surface area contributed by atoms with E-state index in [0.717, 1.165) is 22.3 Å². The Morgan fingerprint density at radius 3 is 2.64 bits per heavy atom. The number of fused-ring (bicyclic) bond motifs is 3. The molecular weight excluding hydrogens is 278 g/mol. The van der Waals surface area contributed by atoms with E-state index in [1.807, 2.05) is 26.0 Å². The lowest BCUT2D eigenvalue weighted by molar-refractivity contribution is 0.780. The van der Waals surface area contributed by atoms with Crippen LogP contribution in [0.3, 0.4) is 0 Å². The van der Waals surface area contributed by atoms with Crippen molar-refractivity contribution in [1.82, 2.24) is 24.1 Å². The number of aryl methyl sites for hydroxylation is 2. The van der Waals surface area contributed by atoms with Crippen molar-refractivity contribution < 1.29 is 0 Å². The number of nitrogens with zero attached hydrogens (tertiary/aromatic N) is 5. The van der Waals surface area contributed by atoms with Gasteiger partial charge in [-0.05, 0) is 43.7 Å². The molecule has 6 nitrogen and oxygen atoms in total. The second-order valence-electron chi connectivity index (χ2n) is 5.27. The summed E-state index contributed by atoms with van der Waals surface area (Å²) >= 11 is 0.